The molecule has 2 aliphatic rings. The Kier molecular flexibility index (Phi) is 9.87. The van der Waals surface area contributed by atoms with Crippen LogP contribution in [-0.4, -0.2) is 43.8 Å². The van der Waals surface area contributed by atoms with Crippen molar-refractivity contribution in [2.75, 3.05) is 10.8 Å². The molecule has 7 nitrogen and oxygen atoms in total. The van der Waals surface area contributed by atoms with Gasteiger partial charge < -0.3 is 10.2 Å². The van der Waals surface area contributed by atoms with E-state index in [1.165, 1.54) is 4.31 Å². The first kappa shape index (κ1) is 32.4. The molecular weight excluding hydrogens is 641 g/mol. The maximum absolute atomic E-state index is 14.2. The Morgan fingerprint density at radius 3 is 2.26 bits per heavy atom. The molecule has 1 N–H and O–H groups in total. The molecule has 6 rings (SSSR count). The van der Waals surface area contributed by atoms with Gasteiger partial charge in [0.2, 0.25) is 11.8 Å². The van der Waals surface area contributed by atoms with Crippen LogP contribution in [0.2, 0.25) is 10.0 Å². The van der Waals surface area contributed by atoms with Crippen LogP contribution in [0.4, 0.5) is 5.69 Å². The van der Waals surface area contributed by atoms with Crippen LogP contribution >= 0.6 is 23.2 Å². The van der Waals surface area contributed by atoms with E-state index in [0.717, 1.165) is 43.1 Å². The molecule has 240 valence electrons. The van der Waals surface area contributed by atoms with Crippen LogP contribution < -0.4 is 9.62 Å². The summed E-state index contributed by atoms with van der Waals surface area (Å²) in [4.78, 5) is 30.2. The Morgan fingerprint density at radius 2 is 1.54 bits per heavy atom. The van der Waals surface area contributed by atoms with Gasteiger partial charge in [0.25, 0.3) is 10.0 Å². The van der Waals surface area contributed by atoms with Gasteiger partial charge in [0, 0.05) is 53.0 Å². The topological polar surface area (TPSA) is 86.8 Å². The number of hydrogen-bond donors (Lipinski definition) is 1. The Morgan fingerprint density at radius 1 is 0.870 bits per heavy atom. The van der Waals surface area contributed by atoms with Gasteiger partial charge in [0.1, 0.15) is 6.04 Å². The molecule has 1 aliphatic heterocycles. The average Bonchev–Trinajstić information content (AvgIpc) is 3.28. The highest BCUT2D eigenvalue weighted by Crippen LogP contribution is 2.42. The van der Waals surface area contributed by atoms with Crippen molar-refractivity contribution in [3.63, 3.8) is 0 Å². The van der Waals surface area contributed by atoms with Crippen molar-refractivity contribution in [1.29, 1.82) is 0 Å². The highest BCUT2D eigenvalue weighted by Gasteiger charge is 2.36. The second kappa shape index (κ2) is 14.0. The van der Waals surface area contributed by atoms with Gasteiger partial charge in [-0.1, -0.05) is 103 Å². The molecule has 1 atom stereocenters. The third kappa shape index (κ3) is 6.75. The zero-order chi connectivity index (χ0) is 32.3. The summed E-state index contributed by atoms with van der Waals surface area (Å²) in [5.74, 6) is -0.487. The zero-order valence-electron chi connectivity index (χ0n) is 25.5. The van der Waals surface area contributed by atoms with Crippen molar-refractivity contribution in [3.8, 4) is 0 Å². The number of carbonyl (C=O) groups is 2. The molecular formula is C36H37Cl2N3O4S. The highest BCUT2D eigenvalue weighted by molar-refractivity contribution is 7.93. The molecule has 4 aromatic carbocycles. The van der Waals surface area contributed by atoms with E-state index in [1.54, 1.807) is 41.3 Å². The van der Waals surface area contributed by atoms with Gasteiger partial charge in [-0.3, -0.25) is 13.9 Å². The smallest absolute Gasteiger partial charge is 0.265 e. The predicted octanol–water partition coefficient (Wildman–Crippen LogP) is 7.52. The first-order valence-electron chi connectivity index (χ1n) is 15.8. The Bertz CT molecular complexity index is 1820. The molecule has 1 unspecified atom stereocenters. The molecule has 0 bridgehead atoms. The van der Waals surface area contributed by atoms with Gasteiger partial charge in [-0.05, 0) is 54.5 Å². The van der Waals surface area contributed by atoms with Crippen LogP contribution in [0.5, 0.6) is 0 Å². The van der Waals surface area contributed by atoms with E-state index in [-0.39, 0.29) is 48.7 Å². The Hall–Kier alpha value is -3.59. The standard InChI is InChI=1S/C36H37Cl2N3O4S/c37-29-17-9-18-30(38)28(29)24-40(32(23-25-11-3-1-4-12-25)36(43)39-27-15-5-2-6-16-27)34(42)21-10-22-41-31-19-7-13-26-14-8-20-33(35(26)31)46(41,44)45/h1,3-4,7-9,11-14,17-20,27,32H,2,5-6,10,15-16,21-24H2,(H,39,43). The second-order valence-corrected chi connectivity index (χ2v) is 14.7. The largest absolute Gasteiger partial charge is 0.352 e. The number of halogens is 2. The molecule has 4 aromatic rings. The fourth-order valence-corrected chi connectivity index (χ4v) is 8.93. The van der Waals surface area contributed by atoms with E-state index in [9.17, 15) is 18.0 Å². The zero-order valence-corrected chi connectivity index (χ0v) is 27.8. The van der Waals surface area contributed by atoms with Crippen molar-refractivity contribution in [2.45, 2.75) is 74.9 Å². The average molecular weight is 679 g/mol. The van der Waals surface area contributed by atoms with Crippen molar-refractivity contribution in [3.05, 3.63) is 106 Å². The maximum Gasteiger partial charge on any atom is 0.265 e. The van der Waals surface area contributed by atoms with E-state index in [2.05, 4.69) is 5.32 Å². The molecule has 0 aromatic heterocycles. The van der Waals surface area contributed by atoms with Crippen LogP contribution in [0.3, 0.4) is 0 Å². The molecule has 1 heterocycles. The van der Waals surface area contributed by atoms with E-state index in [0.29, 0.717) is 33.1 Å². The van der Waals surface area contributed by atoms with E-state index < -0.39 is 16.1 Å². The first-order valence-corrected chi connectivity index (χ1v) is 18.0. The molecule has 0 radical (unpaired) electrons. The summed E-state index contributed by atoms with van der Waals surface area (Å²) in [6.45, 7) is 0.167. The number of hydrogen-bond acceptors (Lipinski definition) is 4. The summed E-state index contributed by atoms with van der Waals surface area (Å²) in [5.41, 5.74) is 2.10. The lowest BCUT2D eigenvalue weighted by atomic mass is 9.94. The monoisotopic (exact) mass is 677 g/mol. The molecule has 46 heavy (non-hydrogen) atoms. The first-order chi connectivity index (χ1) is 22.2. The summed E-state index contributed by atoms with van der Waals surface area (Å²) >= 11 is 13.2. The molecule has 0 saturated heterocycles. The van der Waals surface area contributed by atoms with E-state index >= 15 is 0 Å². The number of carbonyl (C=O) groups excluding carboxylic acids is 2. The van der Waals surface area contributed by atoms with Crippen LogP contribution in [0.15, 0.2) is 89.8 Å². The maximum atomic E-state index is 14.2. The van der Waals surface area contributed by atoms with E-state index in [1.807, 2.05) is 48.5 Å². The fraction of sp³-hybridized carbons (Fsp3) is 0.333. The van der Waals surface area contributed by atoms with Crippen LogP contribution in [0, 0.1) is 0 Å². The summed E-state index contributed by atoms with van der Waals surface area (Å²) in [7, 11) is -3.75. The lowest BCUT2D eigenvalue weighted by molar-refractivity contribution is -0.141. The normalized spacial score (nSPS) is 16.3. The van der Waals surface area contributed by atoms with Gasteiger partial charge >= 0.3 is 0 Å². The van der Waals surface area contributed by atoms with Crippen molar-refractivity contribution in [2.24, 2.45) is 0 Å². The van der Waals surface area contributed by atoms with Gasteiger partial charge in [0.05, 0.1) is 10.6 Å². The number of nitrogens with one attached hydrogen (secondary N) is 1. The van der Waals surface area contributed by atoms with Gasteiger partial charge in [-0.15, -0.1) is 0 Å². The minimum Gasteiger partial charge on any atom is -0.352 e. The minimum atomic E-state index is -3.75. The van der Waals surface area contributed by atoms with Crippen molar-refractivity contribution < 1.29 is 18.0 Å². The van der Waals surface area contributed by atoms with Crippen molar-refractivity contribution in [1.82, 2.24) is 10.2 Å². The molecule has 1 fully saturated rings. The highest BCUT2D eigenvalue weighted by atomic mass is 35.5. The molecule has 2 amide bonds. The Balaban J connectivity index is 1.27. The SMILES string of the molecule is O=C(NC1CCCCC1)C(Cc1ccccc1)N(Cc1c(Cl)cccc1Cl)C(=O)CCCN1c2cccc3cccc(c23)S1(=O)=O. The summed E-state index contributed by atoms with van der Waals surface area (Å²) < 4.78 is 28.5. The third-order valence-corrected chi connectivity index (χ3v) is 11.6. The van der Waals surface area contributed by atoms with Gasteiger partial charge in [-0.25, -0.2) is 8.42 Å². The predicted molar refractivity (Wildman–Crippen MR) is 184 cm³/mol. The number of anilines is 1. The lowest BCUT2D eigenvalue weighted by Crippen LogP contribution is -2.53. The van der Waals surface area contributed by atoms with Gasteiger partial charge in [-0.2, -0.15) is 0 Å². The number of sulfonamides is 1. The number of amides is 2. The second-order valence-electron chi connectivity index (χ2n) is 12.1. The lowest BCUT2D eigenvalue weighted by Gasteiger charge is -2.34. The van der Waals surface area contributed by atoms with E-state index in [4.69, 9.17) is 23.2 Å². The number of rotatable bonds is 11. The fourth-order valence-electron chi connectivity index (χ4n) is 6.67. The van der Waals surface area contributed by atoms with Crippen molar-refractivity contribution >= 4 is 61.5 Å². The minimum absolute atomic E-state index is 0.0302. The summed E-state index contributed by atoms with van der Waals surface area (Å²) in [6, 6.07) is 24.9. The van der Waals surface area contributed by atoms with Crippen LogP contribution in [0.1, 0.15) is 56.1 Å². The Labute approximate surface area is 280 Å². The molecule has 1 saturated carbocycles. The quantitative estimate of drug-likeness (QED) is 0.178. The number of nitrogens with zero attached hydrogens (tertiary/aromatic N) is 2. The van der Waals surface area contributed by atoms with Crippen LogP contribution in [0.25, 0.3) is 10.8 Å². The molecule has 1 aliphatic carbocycles. The number of benzene rings is 4. The molecule has 10 heteroatoms. The molecule has 0 spiro atoms. The summed E-state index contributed by atoms with van der Waals surface area (Å²) in [6.07, 6.45) is 5.69. The third-order valence-electron chi connectivity index (χ3n) is 9.05. The summed E-state index contributed by atoms with van der Waals surface area (Å²) in [5, 5.41) is 5.61. The van der Waals surface area contributed by atoms with Crippen LogP contribution in [-0.2, 0) is 32.6 Å². The van der Waals surface area contributed by atoms with Gasteiger partial charge in [0.15, 0.2) is 0 Å².